The van der Waals surface area contributed by atoms with E-state index in [9.17, 15) is 9.59 Å². The molecule has 0 radical (unpaired) electrons. The van der Waals surface area contributed by atoms with Crippen LogP contribution in [0.2, 0.25) is 0 Å². The van der Waals surface area contributed by atoms with Gasteiger partial charge in [-0.15, -0.1) is 0 Å². The number of likely N-dealkylation sites (tertiary alicyclic amines) is 1. The minimum absolute atomic E-state index is 0.0456. The van der Waals surface area contributed by atoms with Gasteiger partial charge in [0.25, 0.3) is 0 Å². The van der Waals surface area contributed by atoms with Crippen LogP contribution < -0.4 is 19.7 Å². The first-order valence-electron chi connectivity index (χ1n) is 9.58. The van der Waals surface area contributed by atoms with E-state index >= 15 is 0 Å². The lowest BCUT2D eigenvalue weighted by atomic mass is 9.86. The number of nitrogens with one attached hydrogen (secondary N) is 1. The Bertz CT molecular complexity index is 953. The van der Waals surface area contributed by atoms with Gasteiger partial charge in [0.15, 0.2) is 11.5 Å². The molecule has 2 amide bonds. The summed E-state index contributed by atoms with van der Waals surface area (Å²) in [4.78, 5) is 29.1. The predicted molar refractivity (Wildman–Crippen MR) is 110 cm³/mol. The zero-order valence-electron chi connectivity index (χ0n) is 17.1. The minimum Gasteiger partial charge on any atom is -0.454 e. The largest absolute Gasteiger partial charge is 0.454 e. The van der Waals surface area contributed by atoms with E-state index in [1.807, 2.05) is 61.5 Å². The molecule has 2 aliphatic heterocycles. The van der Waals surface area contributed by atoms with Crippen molar-refractivity contribution >= 4 is 23.2 Å². The molecule has 1 atom stereocenters. The number of benzene rings is 2. The molecule has 0 aliphatic carbocycles. The molecule has 2 aromatic rings. The molecule has 1 unspecified atom stereocenters. The van der Waals surface area contributed by atoms with E-state index in [1.165, 1.54) is 0 Å². The highest BCUT2D eigenvalue weighted by Gasteiger charge is 2.49. The van der Waals surface area contributed by atoms with Crippen LogP contribution in [0.25, 0.3) is 0 Å². The average molecular weight is 395 g/mol. The van der Waals surface area contributed by atoms with E-state index in [0.29, 0.717) is 23.6 Å². The third kappa shape index (κ3) is 3.37. The summed E-state index contributed by atoms with van der Waals surface area (Å²) in [5.74, 6) is 1.10. The molecule has 4 rings (SSSR count). The molecule has 0 bridgehead atoms. The smallest absolute Gasteiger partial charge is 0.249 e. The zero-order valence-corrected chi connectivity index (χ0v) is 17.1. The van der Waals surface area contributed by atoms with Crippen molar-refractivity contribution < 1.29 is 19.1 Å². The first kappa shape index (κ1) is 19.1. The fourth-order valence-electron chi connectivity index (χ4n) is 3.74. The maximum Gasteiger partial charge on any atom is 0.249 e. The third-order valence-corrected chi connectivity index (χ3v) is 5.53. The summed E-state index contributed by atoms with van der Waals surface area (Å²) in [6, 6.07) is 13.1. The number of anilines is 2. The fraction of sp³-hybridized carbons (Fsp3) is 0.364. The molecular formula is C22H25N3O4. The molecule has 7 nitrogen and oxygen atoms in total. The Morgan fingerprint density at radius 2 is 1.79 bits per heavy atom. The van der Waals surface area contributed by atoms with Gasteiger partial charge in [0, 0.05) is 25.5 Å². The minimum atomic E-state index is -1.00. The summed E-state index contributed by atoms with van der Waals surface area (Å²) >= 11 is 0. The van der Waals surface area contributed by atoms with Crippen LogP contribution in [-0.2, 0) is 9.59 Å². The molecule has 1 fully saturated rings. The lowest BCUT2D eigenvalue weighted by molar-refractivity contribution is -0.160. The van der Waals surface area contributed by atoms with Gasteiger partial charge in [-0.25, -0.2) is 0 Å². The topological polar surface area (TPSA) is 71.1 Å². The number of rotatable bonds is 5. The standard InChI is InChI=1S/C22H25N3O4/c1-22(2,21(27)23-15-6-8-16(9-7-15)24(3)4)25-17(12-20(25)26)14-5-10-18-19(11-14)29-13-28-18/h5-11,17H,12-13H2,1-4H3,(H,23,27). The fourth-order valence-corrected chi connectivity index (χ4v) is 3.74. The van der Waals surface area contributed by atoms with Gasteiger partial charge >= 0.3 is 0 Å². The molecule has 152 valence electrons. The molecule has 2 aromatic carbocycles. The Hall–Kier alpha value is -3.22. The Kier molecular flexibility index (Phi) is 4.61. The highest BCUT2D eigenvalue weighted by atomic mass is 16.7. The molecule has 1 N–H and O–H groups in total. The van der Waals surface area contributed by atoms with Gasteiger partial charge in [-0.05, 0) is 55.8 Å². The quantitative estimate of drug-likeness (QED) is 0.788. The van der Waals surface area contributed by atoms with Crippen molar-refractivity contribution in [2.45, 2.75) is 31.8 Å². The van der Waals surface area contributed by atoms with Gasteiger partial charge in [-0.3, -0.25) is 9.59 Å². The van der Waals surface area contributed by atoms with Gasteiger partial charge in [-0.1, -0.05) is 6.07 Å². The molecule has 0 saturated carbocycles. The van der Waals surface area contributed by atoms with Crippen LogP contribution in [0, 0.1) is 0 Å². The van der Waals surface area contributed by atoms with E-state index in [1.54, 1.807) is 18.7 Å². The van der Waals surface area contributed by atoms with Crippen molar-refractivity contribution in [2.75, 3.05) is 31.1 Å². The third-order valence-electron chi connectivity index (χ3n) is 5.53. The second kappa shape index (κ2) is 6.99. The number of fused-ring (bicyclic) bond motifs is 1. The van der Waals surface area contributed by atoms with E-state index in [-0.39, 0.29) is 24.6 Å². The lowest BCUT2D eigenvalue weighted by Crippen LogP contribution is -2.62. The Morgan fingerprint density at radius 1 is 1.10 bits per heavy atom. The highest BCUT2D eigenvalue weighted by molar-refractivity contribution is 6.01. The van der Waals surface area contributed by atoms with Gasteiger partial charge in [0.1, 0.15) is 5.54 Å². The molecule has 7 heteroatoms. The van der Waals surface area contributed by atoms with Crippen molar-refractivity contribution in [3.63, 3.8) is 0 Å². The van der Waals surface area contributed by atoms with Crippen LogP contribution in [-0.4, -0.2) is 43.1 Å². The molecular weight excluding hydrogens is 370 g/mol. The summed E-state index contributed by atoms with van der Waals surface area (Å²) in [6.07, 6.45) is 0.369. The summed E-state index contributed by atoms with van der Waals surface area (Å²) in [6.45, 7) is 3.74. The van der Waals surface area contributed by atoms with Gasteiger partial charge in [-0.2, -0.15) is 0 Å². The van der Waals surface area contributed by atoms with Crippen LogP contribution >= 0.6 is 0 Å². The molecule has 1 saturated heterocycles. The Balaban J connectivity index is 1.51. The van der Waals surface area contributed by atoms with Crippen molar-refractivity contribution in [2.24, 2.45) is 0 Å². The average Bonchev–Trinajstić information content (AvgIpc) is 3.13. The molecule has 2 heterocycles. The molecule has 2 aliphatic rings. The second-order valence-electron chi connectivity index (χ2n) is 8.05. The number of carbonyl (C=O) groups is 2. The predicted octanol–water partition coefficient (Wildman–Crippen LogP) is 3.17. The number of carbonyl (C=O) groups excluding carboxylic acids is 2. The van der Waals surface area contributed by atoms with Gasteiger partial charge in [0.05, 0.1) is 12.5 Å². The summed E-state index contributed by atoms with van der Waals surface area (Å²) in [7, 11) is 3.92. The van der Waals surface area contributed by atoms with Crippen molar-refractivity contribution in [3.8, 4) is 11.5 Å². The van der Waals surface area contributed by atoms with E-state index < -0.39 is 5.54 Å². The summed E-state index contributed by atoms with van der Waals surface area (Å²) in [5.41, 5.74) is 1.67. The number of amides is 2. The Morgan fingerprint density at radius 3 is 2.45 bits per heavy atom. The number of ether oxygens (including phenoxy) is 2. The Labute approximate surface area is 170 Å². The monoisotopic (exact) mass is 395 g/mol. The molecule has 0 aromatic heterocycles. The van der Waals surface area contributed by atoms with Crippen molar-refractivity contribution in [3.05, 3.63) is 48.0 Å². The summed E-state index contributed by atoms with van der Waals surface area (Å²) in [5, 5.41) is 2.94. The van der Waals surface area contributed by atoms with Crippen molar-refractivity contribution in [1.29, 1.82) is 0 Å². The van der Waals surface area contributed by atoms with Gasteiger partial charge < -0.3 is 24.6 Å². The van der Waals surface area contributed by atoms with Gasteiger partial charge in [0.2, 0.25) is 18.6 Å². The first-order valence-corrected chi connectivity index (χ1v) is 9.58. The molecule has 29 heavy (non-hydrogen) atoms. The van der Waals surface area contributed by atoms with Crippen molar-refractivity contribution in [1.82, 2.24) is 4.90 Å². The maximum atomic E-state index is 13.0. The zero-order chi connectivity index (χ0) is 20.8. The normalized spacial score (nSPS) is 17.7. The summed E-state index contributed by atoms with van der Waals surface area (Å²) < 4.78 is 10.8. The SMILES string of the molecule is CN(C)c1ccc(NC(=O)C(C)(C)N2C(=O)CC2c2ccc3c(c2)OCO3)cc1. The maximum absolute atomic E-state index is 13.0. The van der Waals surface area contributed by atoms with Crippen LogP contribution in [0.1, 0.15) is 31.9 Å². The number of nitrogens with zero attached hydrogens (tertiary/aromatic N) is 2. The number of β-lactam (4-membered cyclic amide) rings is 1. The number of hydrogen-bond acceptors (Lipinski definition) is 5. The second-order valence-corrected chi connectivity index (χ2v) is 8.05. The number of hydrogen-bond donors (Lipinski definition) is 1. The van der Waals surface area contributed by atoms with Crippen LogP contribution in [0.15, 0.2) is 42.5 Å². The first-order chi connectivity index (χ1) is 13.8. The molecule has 0 spiro atoms. The van der Waals surface area contributed by atoms with E-state index in [2.05, 4.69) is 5.32 Å². The lowest BCUT2D eigenvalue weighted by Gasteiger charge is -2.49. The van der Waals surface area contributed by atoms with E-state index in [4.69, 9.17) is 9.47 Å². The van der Waals surface area contributed by atoms with Crippen LogP contribution in [0.4, 0.5) is 11.4 Å². The van der Waals surface area contributed by atoms with Crippen LogP contribution in [0.5, 0.6) is 11.5 Å². The highest BCUT2D eigenvalue weighted by Crippen LogP contribution is 2.43. The van der Waals surface area contributed by atoms with Crippen LogP contribution in [0.3, 0.4) is 0 Å². The van der Waals surface area contributed by atoms with E-state index in [0.717, 1.165) is 11.3 Å².